The van der Waals surface area contributed by atoms with Crippen molar-refractivity contribution in [2.45, 2.75) is 63.8 Å². The van der Waals surface area contributed by atoms with Gasteiger partial charge in [0, 0.05) is 48.0 Å². The number of carbonyl (C=O) groups excluding carboxylic acids is 1. The molecule has 12 heteroatoms. The van der Waals surface area contributed by atoms with Crippen molar-refractivity contribution in [1.82, 2.24) is 24.2 Å². The number of nitrogens with zero attached hydrogens (tertiary/aromatic N) is 5. The van der Waals surface area contributed by atoms with Crippen molar-refractivity contribution < 1.29 is 27.9 Å². The van der Waals surface area contributed by atoms with Gasteiger partial charge in [-0.2, -0.15) is 13.2 Å². The van der Waals surface area contributed by atoms with Crippen LogP contribution >= 0.6 is 11.3 Å². The highest BCUT2D eigenvalue weighted by Gasteiger charge is 2.45. The number of hydrogen-bond donors (Lipinski definition) is 1. The van der Waals surface area contributed by atoms with Crippen LogP contribution in [0.4, 0.5) is 13.2 Å². The Morgan fingerprint density at radius 2 is 1.97 bits per heavy atom. The standard InChI is InChI=1S/C22H27N5OS.C2HF3O2/c1-17-19(24-20-5-2-3-11-26(17)20)15-25-10-4-7-22(9-12-25)8-6-21(28)27(22)14-18-13-23-16-29-18;3-2(4,5)1(6)7/h2-3,5,11,13,16H,4,6-10,12,14-15H2,1H3;(H,6,7). The number of carbonyl (C=O) groups is 2. The molecule has 1 atom stereocenters. The van der Waals surface area contributed by atoms with Crippen molar-refractivity contribution in [3.63, 3.8) is 0 Å². The maximum atomic E-state index is 12.7. The summed E-state index contributed by atoms with van der Waals surface area (Å²) in [5.74, 6) is -2.45. The first-order valence-electron chi connectivity index (χ1n) is 11.7. The van der Waals surface area contributed by atoms with E-state index in [1.165, 1.54) is 10.6 Å². The molecule has 194 valence electrons. The molecule has 0 aromatic carbocycles. The predicted octanol–water partition coefficient (Wildman–Crippen LogP) is 4.28. The highest BCUT2D eigenvalue weighted by molar-refractivity contribution is 7.09. The average Bonchev–Trinajstić information content (AvgIpc) is 3.49. The van der Waals surface area contributed by atoms with Crippen LogP contribution in [-0.4, -0.2) is 66.0 Å². The molecule has 0 saturated carbocycles. The number of halogens is 3. The van der Waals surface area contributed by atoms with Crippen LogP contribution in [0.5, 0.6) is 0 Å². The second-order valence-corrected chi connectivity index (χ2v) is 10.1. The van der Waals surface area contributed by atoms with Crippen molar-refractivity contribution in [3.8, 4) is 0 Å². The van der Waals surface area contributed by atoms with E-state index in [4.69, 9.17) is 14.9 Å². The highest BCUT2D eigenvalue weighted by Crippen LogP contribution is 2.40. The number of aryl methyl sites for hydroxylation is 1. The Morgan fingerprint density at radius 1 is 1.19 bits per heavy atom. The number of carboxylic acid groups (broad SMARTS) is 1. The van der Waals surface area contributed by atoms with Crippen LogP contribution in [0.25, 0.3) is 5.65 Å². The van der Waals surface area contributed by atoms with Gasteiger partial charge in [0.2, 0.25) is 5.91 Å². The van der Waals surface area contributed by atoms with Crippen molar-refractivity contribution >= 4 is 28.9 Å². The number of rotatable bonds is 4. The minimum absolute atomic E-state index is 0.0176. The number of aliphatic carboxylic acids is 1. The second kappa shape index (κ2) is 10.6. The molecule has 1 N–H and O–H groups in total. The lowest BCUT2D eigenvalue weighted by Crippen LogP contribution is -2.45. The molecule has 2 fully saturated rings. The molecule has 8 nitrogen and oxygen atoms in total. The Balaban J connectivity index is 0.000000384. The summed E-state index contributed by atoms with van der Waals surface area (Å²) in [7, 11) is 0. The molecular weight excluding hydrogens is 495 g/mol. The Kier molecular flexibility index (Phi) is 7.65. The molecule has 1 unspecified atom stereocenters. The van der Waals surface area contributed by atoms with E-state index in [1.54, 1.807) is 11.3 Å². The van der Waals surface area contributed by atoms with Gasteiger partial charge in [0.1, 0.15) is 5.65 Å². The normalized spacial score (nSPS) is 21.0. The molecule has 0 radical (unpaired) electrons. The Labute approximate surface area is 210 Å². The van der Waals surface area contributed by atoms with Crippen molar-refractivity contribution in [2.75, 3.05) is 13.1 Å². The molecule has 3 aromatic heterocycles. The Hall–Kier alpha value is -2.99. The first-order valence-corrected chi connectivity index (χ1v) is 12.6. The number of imidazole rings is 1. The zero-order chi connectivity index (χ0) is 25.9. The number of pyridine rings is 1. The summed E-state index contributed by atoms with van der Waals surface area (Å²) in [5, 5.41) is 7.12. The monoisotopic (exact) mass is 523 g/mol. The molecule has 0 bridgehead atoms. The largest absolute Gasteiger partial charge is 0.490 e. The lowest BCUT2D eigenvalue weighted by Gasteiger charge is -2.38. The van der Waals surface area contributed by atoms with Gasteiger partial charge in [-0.05, 0) is 51.3 Å². The number of thiazole rings is 1. The van der Waals surface area contributed by atoms with Gasteiger partial charge in [0.05, 0.1) is 17.7 Å². The fraction of sp³-hybridized carbons (Fsp3) is 0.500. The fourth-order valence-corrected chi connectivity index (χ4v) is 5.63. The SMILES string of the molecule is Cc1c(CN2CCCC3(CCC(=O)N3Cc3cncs3)CC2)nc2ccccn12.O=C(O)C(F)(F)F. The summed E-state index contributed by atoms with van der Waals surface area (Å²) in [6.07, 6.45) is 3.84. The quantitative estimate of drug-likeness (QED) is 0.549. The summed E-state index contributed by atoms with van der Waals surface area (Å²) in [4.78, 5) is 36.5. The van der Waals surface area contributed by atoms with E-state index in [2.05, 4.69) is 44.4 Å². The molecule has 2 aliphatic heterocycles. The van der Waals surface area contributed by atoms with Crippen LogP contribution in [0, 0.1) is 6.92 Å². The first kappa shape index (κ1) is 26.1. The van der Waals surface area contributed by atoms with E-state index in [0.717, 1.165) is 63.2 Å². The number of fused-ring (bicyclic) bond motifs is 1. The summed E-state index contributed by atoms with van der Waals surface area (Å²) in [6.45, 7) is 5.83. The third-order valence-corrected chi connectivity index (χ3v) is 7.73. The van der Waals surface area contributed by atoms with Crippen LogP contribution in [-0.2, 0) is 22.7 Å². The molecule has 36 heavy (non-hydrogen) atoms. The van der Waals surface area contributed by atoms with E-state index in [9.17, 15) is 18.0 Å². The lowest BCUT2D eigenvalue weighted by atomic mass is 9.87. The van der Waals surface area contributed by atoms with E-state index >= 15 is 0 Å². The van der Waals surface area contributed by atoms with Crippen LogP contribution in [0.15, 0.2) is 36.1 Å². The molecule has 2 saturated heterocycles. The molecule has 2 aliphatic rings. The van der Waals surface area contributed by atoms with Gasteiger partial charge < -0.3 is 14.4 Å². The lowest BCUT2D eigenvalue weighted by molar-refractivity contribution is -0.192. The highest BCUT2D eigenvalue weighted by atomic mass is 32.1. The van der Waals surface area contributed by atoms with Crippen molar-refractivity contribution in [2.24, 2.45) is 0 Å². The fourth-order valence-electron chi connectivity index (χ4n) is 5.05. The number of aromatic nitrogens is 3. The maximum absolute atomic E-state index is 12.7. The van der Waals surface area contributed by atoms with E-state index < -0.39 is 12.1 Å². The molecule has 3 aromatic rings. The van der Waals surface area contributed by atoms with Crippen molar-refractivity contribution in [3.05, 3.63) is 52.4 Å². The first-order chi connectivity index (χ1) is 17.1. The zero-order valence-electron chi connectivity index (χ0n) is 19.9. The minimum Gasteiger partial charge on any atom is -0.475 e. The number of alkyl halides is 3. The third-order valence-electron chi connectivity index (χ3n) is 6.97. The van der Waals surface area contributed by atoms with E-state index in [0.29, 0.717) is 12.3 Å². The number of likely N-dealkylation sites (tertiary alicyclic amines) is 2. The Bertz CT molecular complexity index is 1210. The van der Waals surface area contributed by atoms with Gasteiger partial charge in [-0.1, -0.05) is 6.07 Å². The minimum atomic E-state index is -5.08. The zero-order valence-corrected chi connectivity index (χ0v) is 20.7. The number of hydrogen-bond acceptors (Lipinski definition) is 6. The van der Waals surface area contributed by atoms with Gasteiger partial charge in [-0.25, -0.2) is 9.78 Å². The Morgan fingerprint density at radius 3 is 2.64 bits per heavy atom. The summed E-state index contributed by atoms with van der Waals surface area (Å²) in [6, 6.07) is 6.15. The predicted molar refractivity (Wildman–Crippen MR) is 127 cm³/mol. The van der Waals surface area contributed by atoms with Gasteiger partial charge in [-0.15, -0.1) is 11.3 Å². The maximum Gasteiger partial charge on any atom is 0.490 e. The van der Waals surface area contributed by atoms with Crippen LogP contribution in [0.3, 0.4) is 0 Å². The van der Waals surface area contributed by atoms with Gasteiger partial charge in [0.25, 0.3) is 0 Å². The summed E-state index contributed by atoms with van der Waals surface area (Å²) < 4.78 is 33.9. The van der Waals surface area contributed by atoms with Crippen molar-refractivity contribution in [1.29, 1.82) is 0 Å². The smallest absolute Gasteiger partial charge is 0.475 e. The van der Waals surface area contributed by atoms with Crippen LogP contribution < -0.4 is 0 Å². The van der Waals surface area contributed by atoms with E-state index in [1.807, 2.05) is 17.8 Å². The van der Waals surface area contributed by atoms with Gasteiger partial charge >= 0.3 is 12.1 Å². The van der Waals surface area contributed by atoms with Crippen LogP contribution in [0.2, 0.25) is 0 Å². The molecule has 5 heterocycles. The number of carboxylic acids is 1. The second-order valence-electron chi connectivity index (χ2n) is 9.18. The average molecular weight is 524 g/mol. The summed E-state index contributed by atoms with van der Waals surface area (Å²) in [5.41, 5.74) is 5.28. The molecular formula is C24H28F3N5O3S. The molecule has 1 amide bonds. The van der Waals surface area contributed by atoms with Gasteiger partial charge in [0.15, 0.2) is 0 Å². The molecule has 1 spiro atoms. The number of amides is 1. The topological polar surface area (TPSA) is 91.0 Å². The summed E-state index contributed by atoms with van der Waals surface area (Å²) >= 11 is 1.64. The van der Waals surface area contributed by atoms with E-state index in [-0.39, 0.29) is 5.54 Å². The third kappa shape index (κ3) is 5.70. The molecule has 0 aliphatic carbocycles. The van der Waals surface area contributed by atoms with Gasteiger partial charge in [-0.3, -0.25) is 14.7 Å². The molecule has 5 rings (SSSR count). The van der Waals surface area contributed by atoms with Crippen LogP contribution in [0.1, 0.15) is 48.4 Å².